The first-order valence-electron chi connectivity index (χ1n) is 6.48. The van der Waals surface area contributed by atoms with Gasteiger partial charge in [0.05, 0.1) is 5.92 Å². The lowest BCUT2D eigenvalue weighted by Crippen LogP contribution is -2.32. The van der Waals surface area contributed by atoms with Crippen molar-refractivity contribution in [3.8, 4) is 0 Å². The lowest BCUT2D eigenvalue weighted by molar-refractivity contribution is -0.142. The molecule has 102 valence electrons. The predicted molar refractivity (Wildman–Crippen MR) is 69.5 cm³/mol. The zero-order chi connectivity index (χ0) is 13.6. The molecular weight excluding hydrogens is 269 g/mol. The van der Waals surface area contributed by atoms with Gasteiger partial charge in [0.2, 0.25) is 0 Å². The number of nitrogens with zero attached hydrogens (tertiary/aromatic N) is 1. The van der Waals surface area contributed by atoms with Crippen LogP contribution in [0.5, 0.6) is 0 Å². The van der Waals surface area contributed by atoms with E-state index in [2.05, 4.69) is 4.90 Å². The van der Waals surface area contributed by atoms with E-state index in [4.69, 9.17) is 11.6 Å². The lowest BCUT2D eigenvalue weighted by atomic mass is 9.89. The van der Waals surface area contributed by atoms with Crippen LogP contribution in [0.4, 0.5) is 4.39 Å². The molecule has 3 unspecified atom stereocenters. The summed E-state index contributed by atoms with van der Waals surface area (Å²) in [5.41, 5.74) is 0.867. The third-order valence-electron chi connectivity index (χ3n) is 4.37. The molecule has 0 spiro atoms. The van der Waals surface area contributed by atoms with Crippen molar-refractivity contribution >= 4 is 17.6 Å². The highest BCUT2D eigenvalue weighted by Gasteiger charge is 2.49. The van der Waals surface area contributed by atoms with Gasteiger partial charge in [-0.3, -0.25) is 9.69 Å². The van der Waals surface area contributed by atoms with Gasteiger partial charge in [-0.25, -0.2) is 4.39 Å². The van der Waals surface area contributed by atoms with Crippen LogP contribution < -0.4 is 0 Å². The number of carbonyl (C=O) groups is 1. The second-order valence-electron chi connectivity index (χ2n) is 5.39. The van der Waals surface area contributed by atoms with E-state index in [0.717, 1.165) is 24.8 Å². The molecule has 1 aromatic rings. The summed E-state index contributed by atoms with van der Waals surface area (Å²) in [5.74, 6) is -1.32. The molecule has 2 aliphatic rings. The van der Waals surface area contributed by atoms with E-state index in [0.29, 0.717) is 17.6 Å². The molecule has 3 rings (SSSR count). The Balaban J connectivity index is 1.79. The monoisotopic (exact) mass is 283 g/mol. The predicted octanol–water partition coefficient (Wildman–Crippen LogP) is 2.92. The summed E-state index contributed by atoms with van der Waals surface area (Å²) < 4.78 is 13.0. The van der Waals surface area contributed by atoms with Gasteiger partial charge in [0.15, 0.2) is 0 Å². The zero-order valence-corrected chi connectivity index (χ0v) is 11.1. The molecule has 19 heavy (non-hydrogen) atoms. The fourth-order valence-corrected chi connectivity index (χ4v) is 3.69. The van der Waals surface area contributed by atoms with Crippen molar-refractivity contribution in [2.45, 2.75) is 37.9 Å². The minimum atomic E-state index is -0.706. The summed E-state index contributed by atoms with van der Waals surface area (Å²) >= 11 is 6.04. The molecule has 2 saturated heterocycles. The lowest BCUT2D eigenvalue weighted by Gasteiger charge is -2.23. The highest BCUT2D eigenvalue weighted by molar-refractivity contribution is 6.31. The first-order valence-corrected chi connectivity index (χ1v) is 6.86. The van der Waals surface area contributed by atoms with Crippen molar-refractivity contribution in [1.29, 1.82) is 0 Å². The van der Waals surface area contributed by atoms with Crippen LogP contribution in [0.15, 0.2) is 18.2 Å². The second-order valence-corrected chi connectivity index (χ2v) is 5.79. The molecule has 2 fully saturated rings. The molecule has 3 nitrogen and oxygen atoms in total. The van der Waals surface area contributed by atoms with E-state index < -0.39 is 5.97 Å². The van der Waals surface area contributed by atoms with E-state index in [1.807, 2.05) is 0 Å². The molecule has 0 radical (unpaired) electrons. The molecule has 0 aromatic heterocycles. The van der Waals surface area contributed by atoms with Crippen molar-refractivity contribution in [1.82, 2.24) is 4.90 Å². The SMILES string of the molecule is O=C(O)C1CC2CCC1N2Cc1ccc(F)cc1Cl. The topological polar surface area (TPSA) is 40.5 Å². The highest BCUT2D eigenvalue weighted by Crippen LogP contribution is 2.43. The van der Waals surface area contributed by atoms with E-state index in [1.165, 1.54) is 12.1 Å². The average Bonchev–Trinajstić information content (AvgIpc) is 2.90. The number of carboxylic acids is 1. The van der Waals surface area contributed by atoms with Gasteiger partial charge in [-0.1, -0.05) is 17.7 Å². The fraction of sp³-hybridized carbons (Fsp3) is 0.500. The Morgan fingerprint density at radius 3 is 2.89 bits per heavy atom. The van der Waals surface area contributed by atoms with Gasteiger partial charge in [0.1, 0.15) is 5.82 Å². The molecular formula is C14H15ClFNO2. The molecule has 3 atom stereocenters. The van der Waals surface area contributed by atoms with Crippen LogP contribution in [0.1, 0.15) is 24.8 Å². The fourth-order valence-electron chi connectivity index (χ4n) is 3.46. The Morgan fingerprint density at radius 1 is 1.47 bits per heavy atom. The van der Waals surface area contributed by atoms with Gasteiger partial charge in [0.25, 0.3) is 0 Å². The van der Waals surface area contributed by atoms with E-state index in [1.54, 1.807) is 6.07 Å². The molecule has 0 saturated carbocycles. The van der Waals surface area contributed by atoms with Crippen molar-refractivity contribution in [3.05, 3.63) is 34.6 Å². The number of fused-ring (bicyclic) bond motifs is 2. The molecule has 0 aliphatic carbocycles. The third-order valence-corrected chi connectivity index (χ3v) is 4.72. The average molecular weight is 284 g/mol. The van der Waals surface area contributed by atoms with E-state index in [-0.39, 0.29) is 17.8 Å². The standard InChI is InChI=1S/C14H15ClFNO2/c15-12-5-9(16)2-1-8(12)7-17-10-3-4-13(17)11(6-10)14(18)19/h1-2,5,10-11,13H,3-4,6-7H2,(H,18,19). The first-order chi connectivity index (χ1) is 9.06. The number of halogens is 2. The van der Waals surface area contributed by atoms with Gasteiger partial charge in [-0.05, 0) is 37.0 Å². The Bertz CT molecular complexity index is 522. The normalized spacial score (nSPS) is 29.9. The van der Waals surface area contributed by atoms with Gasteiger partial charge in [-0.15, -0.1) is 0 Å². The van der Waals surface area contributed by atoms with Gasteiger partial charge >= 0.3 is 5.97 Å². The molecule has 0 amide bonds. The molecule has 1 N–H and O–H groups in total. The number of carboxylic acid groups (broad SMARTS) is 1. The second kappa shape index (κ2) is 4.76. The minimum Gasteiger partial charge on any atom is -0.481 e. The van der Waals surface area contributed by atoms with E-state index in [9.17, 15) is 14.3 Å². The van der Waals surface area contributed by atoms with Crippen LogP contribution >= 0.6 is 11.6 Å². The maximum absolute atomic E-state index is 13.0. The molecule has 5 heteroatoms. The maximum atomic E-state index is 13.0. The van der Waals surface area contributed by atoms with Gasteiger partial charge < -0.3 is 5.11 Å². The maximum Gasteiger partial charge on any atom is 0.308 e. The number of hydrogen-bond donors (Lipinski definition) is 1. The molecule has 2 aliphatic heterocycles. The van der Waals surface area contributed by atoms with Crippen molar-refractivity contribution in [2.75, 3.05) is 0 Å². The van der Waals surface area contributed by atoms with Crippen LogP contribution in [0, 0.1) is 11.7 Å². The quantitative estimate of drug-likeness (QED) is 0.927. The van der Waals surface area contributed by atoms with Crippen molar-refractivity contribution in [2.24, 2.45) is 5.92 Å². The van der Waals surface area contributed by atoms with Crippen LogP contribution in [0.25, 0.3) is 0 Å². The van der Waals surface area contributed by atoms with Crippen LogP contribution in [-0.4, -0.2) is 28.1 Å². The Labute approximate surface area is 116 Å². The summed E-state index contributed by atoms with van der Waals surface area (Å²) in [6.45, 7) is 0.609. The summed E-state index contributed by atoms with van der Waals surface area (Å²) in [6.07, 6.45) is 2.70. The third kappa shape index (κ3) is 2.23. The van der Waals surface area contributed by atoms with Gasteiger partial charge in [-0.2, -0.15) is 0 Å². The number of rotatable bonds is 3. The summed E-state index contributed by atoms with van der Waals surface area (Å²) in [6, 6.07) is 4.82. The van der Waals surface area contributed by atoms with Crippen molar-refractivity contribution < 1.29 is 14.3 Å². The van der Waals surface area contributed by atoms with Crippen molar-refractivity contribution in [3.63, 3.8) is 0 Å². The zero-order valence-electron chi connectivity index (χ0n) is 10.4. The van der Waals surface area contributed by atoms with Crippen LogP contribution in [0.2, 0.25) is 5.02 Å². The molecule has 2 bridgehead atoms. The summed E-state index contributed by atoms with van der Waals surface area (Å²) in [5, 5.41) is 9.62. The summed E-state index contributed by atoms with van der Waals surface area (Å²) in [4.78, 5) is 13.4. The smallest absolute Gasteiger partial charge is 0.308 e. The molecule has 2 heterocycles. The first kappa shape index (κ1) is 12.9. The highest BCUT2D eigenvalue weighted by atomic mass is 35.5. The largest absolute Gasteiger partial charge is 0.481 e. The van der Waals surface area contributed by atoms with Crippen LogP contribution in [0.3, 0.4) is 0 Å². The molecule has 1 aromatic carbocycles. The van der Waals surface area contributed by atoms with Crippen LogP contribution in [-0.2, 0) is 11.3 Å². The Morgan fingerprint density at radius 2 is 2.26 bits per heavy atom. The minimum absolute atomic E-state index is 0.101. The number of aliphatic carboxylic acids is 1. The van der Waals surface area contributed by atoms with E-state index >= 15 is 0 Å². The number of benzene rings is 1. The number of hydrogen-bond acceptors (Lipinski definition) is 2. The Hall–Kier alpha value is -1.13. The van der Waals surface area contributed by atoms with Gasteiger partial charge in [0, 0.05) is 23.7 Å². The summed E-state index contributed by atoms with van der Waals surface area (Å²) in [7, 11) is 0. The Kier molecular flexibility index (Phi) is 3.23.